The Morgan fingerprint density at radius 2 is 1.53 bits per heavy atom. The lowest BCUT2D eigenvalue weighted by Crippen LogP contribution is -2.50. The highest BCUT2D eigenvalue weighted by molar-refractivity contribution is 9.28. The van der Waals surface area contributed by atoms with E-state index < -0.39 is 15.5 Å². The quantitative estimate of drug-likeness (QED) is 0.361. The fourth-order valence-electron chi connectivity index (χ4n) is 1.43. The van der Waals surface area contributed by atoms with Crippen LogP contribution in [0.2, 0.25) is 0 Å². The number of nitrogens with one attached hydrogen (secondary N) is 1. The van der Waals surface area contributed by atoms with Crippen molar-refractivity contribution in [3.8, 4) is 0 Å². The van der Waals surface area contributed by atoms with Crippen LogP contribution >= 0.6 is 95.6 Å². The van der Waals surface area contributed by atoms with Gasteiger partial charge in [0.05, 0.1) is 0 Å². The van der Waals surface area contributed by atoms with Gasteiger partial charge in [0.15, 0.2) is 11.1 Å². The minimum atomic E-state index is -1.26. The largest absolute Gasteiger partial charge is 0.373 e. The number of hydrogen-bond acceptors (Lipinski definition) is 2. The average Bonchev–Trinajstić information content (AvgIpc) is 2.09. The summed E-state index contributed by atoms with van der Waals surface area (Å²) >= 11 is 20.8. The van der Waals surface area contributed by atoms with E-state index in [0.717, 1.165) is 12.8 Å². The maximum atomic E-state index is 10.4. The SMILES string of the molecule is CCCC1(Br)NC(Br)(Br)C(O)(Br)C1(Br)Br. The van der Waals surface area contributed by atoms with Gasteiger partial charge < -0.3 is 5.11 Å². The van der Waals surface area contributed by atoms with Crippen LogP contribution < -0.4 is 5.32 Å². The van der Waals surface area contributed by atoms with E-state index in [-0.39, 0.29) is 0 Å². The van der Waals surface area contributed by atoms with Crippen LogP contribution in [0.15, 0.2) is 0 Å². The van der Waals surface area contributed by atoms with Crippen molar-refractivity contribution in [2.45, 2.75) is 35.3 Å². The first-order valence-electron chi connectivity index (χ1n) is 4.17. The van der Waals surface area contributed by atoms with Gasteiger partial charge in [0.2, 0.25) is 0 Å². The molecule has 1 rings (SSSR count). The molecule has 0 spiro atoms. The Labute approximate surface area is 139 Å². The zero-order chi connectivity index (χ0) is 12.1. The van der Waals surface area contributed by atoms with Crippen molar-refractivity contribution in [2.75, 3.05) is 0 Å². The molecule has 2 unspecified atom stereocenters. The summed E-state index contributed by atoms with van der Waals surface area (Å²) in [4.78, 5) is 0. The van der Waals surface area contributed by atoms with E-state index in [1.165, 1.54) is 0 Å². The standard InChI is InChI=1S/C7H9Br6NO/c1-2-3-4(8)5(9,10)6(11,15)7(12,13)14-4/h14-15H,2-3H2,1H3. The van der Waals surface area contributed by atoms with E-state index in [1.54, 1.807) is 0 Å². The average molecular weight is 603 g/mol. The van der Waals surface area contributed by atoms with E-state index in [1.807, 2.05) is 0 Å². The van der Waals surface area contributed by atoms with E-state index in [4.69, 9.17) is 0 Å². The van der Waals surface area contributed by atoms with E-state index in [9.17, 15) is 5.11 Å². The van der Waals surface area contributed by atoms with Crippen molar-refractivity contribution in [3.63, 3.8) is 0 Å². The fourth-order valence-corrected chi connectivity index (χ4v) is 7.18. The van der Waals surface area contributed by atoms with Crippen molar-refractivity contribution in [1.29, 1.82) is 0 Å². The summed E-state index contributed by atoms with van der Waals surface area (Å²) < 4.78 is -3.34. The van der Waals surface area contributed by atoms with Gasteiger partial charge in [-0.1, -0.05) is 93.0 Å². The summed E-state index contributed by atoms with van der Waals surface area (Å²) in [6.45, 7) is 2.08. The molecule has 2 nitrogen and oxygen atoms in total. The molecule has 0 radical (unpaired) electrons. The van der Waals surface area contributed by atoms with Crippen LogP contribution in [0.5, 0.6) is 0 Å². The molecular formula is C7H9Br6NO. The first-order valence-corrected chi connectivity index (χ1v) is 8.93. The van der Waals surface area contributed by atoms with Crippen molar-refractivity contribution in [2.24, 2.45) is 0 Å². The van der Waals surface area contributed by atoms with Crippen LogP contribution in [0.25, 0.3) is 0 Å². The lowest BCUT2D eigenvalue weighted by molar-refractivity contribution is 0.148. The molecule has 0 aromatic heterocycles. The third kappa shape index (κ3) is 2.32. The van der Waals surface area contributed by atoms with Gasteiger partial charge in [-0.05, 0) is 22.4 Å². The molecule has 0 amide bonds. The van der Waals surface area contributed by atoms with Crippen LogP contribution in [0.3, 0.4) is 0 Å². The number of halogens is 6. The molecule has 2 atom stereocenters. The monoisotopic (exact) mass is 597 g/mol. The van der Waals surface area contributed by atoms with Crippen molar-refractivity contribution in [1.82, 2.24) is 5.32 Å². The minimum absolute atomic E-state index is 0.486. The first-order chi connectivity index (χ1) is 6.52. The van der Waals surface area contributed by atoms with Crippen LogP contribution in [-0.4, -0.2) is 20.7 Å². The molecule has 90 valence electrons. The van der Waals surface area contributed by atoms with Gasteiger partial charge in [0.25, 0.3) is 0 Å². The van der Waals surface area contributed by atoms with Gasteiger partial charge in [0.1, 0.15) is 4.45 Å². The number of alkyl halides is 6. The summed E-state index contributed by atoms with van der Waals surface area (Å²) in [5.41, 5.74) is 0. The minimum Gasteiger partial charge on any atom is -0.373 e. The normalized spacial score (nSPS) is 43.2. The Morgan fingerprint density at radius 3 is 1.80 bits per heavy atom. The Balaban J connectivity index is 3.18. The molecule has 0 bridgehead atoms. The maximum absolute atomic E-state index is 10.4. The van der Waals surface area contributed by atoms with Crippen LogP contribution in [0.4, 0.5) is 0 Å². The van der Waals surface area contributed by atoms with Gasteiger partial charge >= 0.3 is 0 Å². The molecule has 1 aliphatic heterocycles. The number of aliphatic hydroxyl groups is 1. The topological polar surface area (TPSA) is 32.3 Å². The molecule has 0 aromatic rings. The highest BCUT2D eigenvalue weighted by atomic mass is 79.9. The highest BCUT2D eigenvalue weighted by Gasteiger charge is 2.73. The Morgan fingerprint density at radius 1 is 1.07 bits per heavy atom. The zero-order valence-corrected chi connectivity index (χ0v) is 17.1. The predicted molar refractivity (Wildman–Crippen MR) is 84.7 cm³/mol. The van der Waals surface area contributed by atoms with Gasteiger partial charge in [0, 0.05) is 0 Å². The lowest BCUT2D eigenvalue weighted by Gasteiger charge is -2.37. The molecule has 0 aromatic carbocycles. The molecule has 1 aliphatic rings. The molecule has 2 N–H and O–H groups in total. The molecule has 8 heteroatoms. The Kier molecular flexibility index (Phi) is 4.99. The van der Waals surface area contributed by atoms with Crippen LogP contribution in [0, 0.1) is 0 Å². The maximum Gasteiger partial charge on any atom is 0.185 e. The summed E-state index contributed by atoms with van der Waals surface area (Å²) in [6, 6.07) is 0. The number of rotatable bonds is 2. The van der Waals surface area contributed by atoms with Gasteiger partial charge in [-0.15, -0.1) is 0 Å². The summed E-state index contributed by atoms with van der Waals surface area (Å²) in [5, 5.41) is 13.7. The molecule has 0 saturated carbocycles. The third-order valence-electron chi connectivity index (χ3n) is 2.28. The van der Waals surface area contributed by atoms with Crippen molar-refractivity contribution in [3.05, 3.63) is 0 Å². The van der Waals surface area contributed by atoms with Gasteiger partial charge in [-0.3, -0.25) is 5.32 Å². The zero-order valence-electron chi connectivity index (χ0n) is 7.63. The second-order valence-corrected chi connectivity index (χ2v) is 12.8. The highest BCUT2D eigenvalue weighted by Crippen LogP contribution is 2.66. The molecule has 15 heavy (non-hydrogen) atoms. The Bertz CT molecular complexity index is 268. The smallest absolute Gasteiger partial charge is 0.185 e. The number of hydrogen-bond donors (Lipinski definition) is 2. The second-order valence-electron chi connectivity index (χ2n) is 3.45. The molecule has 1 fully saturated rings. The Hall–Kier alpha value is 2.80. The van der Waals surface area contributed by atoms with E-state index in [0.29, 0.717) is 0 Å². The van der Waals surface area contributed by atoms with Gasteiger partial charge in [-0.2, -0.15) is 0 Å². The summed E-state index contributed by atoms with van der Waals surface area (Å²) in [7, 11) is 0. The molecule has 1 saturated heterocycles. The molecular weight excluding hydrogens is 594 g/mol. The van der Waals surface area contributed by atoms with Crippen LogP contribution in [-0.2, 0) is 0 Å². The van der Waals surface area contributed by atoms with Crippen LogP contribution in [0.1, 0.15) is 19.8 Å². The first kappa shape index (κ1) is 15.9. The van der Waals surface area contributed by atoms with E-state index in [2.05, 4.69) is 108 Å². The fraction of sp³-hybridized carbons (Fsp3) is 1.00. The van der Waals surface area contributed by atoms with Gasteiger partial charge in [-0.25, -0.2) is 0 Å². The predicted octanol–water partition coefficient (Wildman–Crippen LogP) is 4.49. The lowest BCUT2D eigenvalue weighted by atomic mass is 10.1. The van der Waals surface area contributed by atoms with Crippen molar-refractivity contribution < 1.29 is 5.11 Å². The summed E-state index contributed by atoms with van der Waals surface area (Å²) in [5.74, 6) is 0. The third-order valence-corrected chi connectivity index (χ3v) is 11.9. The molecule has 0 aliphatic carbocycles. The van der Waals surface area contributed by atoms with Crippen molar-refractivity contribution >= 4 is 95.6 Å². The molecule has 1 heterocycles. The summed E-state index contributed by atoms with van der Waals surface area (Å²) in [6.07, 6.45) is 1.80. The van der Waals surface area contributed by atoms with E-state index >= 15 is 0 Å². The second kappa shape index (κ2) is 4.72.